The molecule has 0 aliphatic heterocycles. The van der Waals surface area contributed by atoms with E-state index in [4.69, 9.17) is 0 Å². The lowest BCUT2D eigenvalue weighted by atomic mass is 10.1. The first-order valence-corrected chi connectivity index (χ1v) is 6.82. The van der Waals surface area contributed by atoms with Crippen LogP contribution in [0.5, 0.6) is 0 Å². The molecule has 0 saturated carbocycles. The van der Waals surface area contributed by atoms with Crippen LogP contribution in [0, 0.1) is 6.92 Å². The average Bonchev–Trinajstić information content (AvgIpc) is 2.46. The van der Waals surface area contributed by atoms with Crippen molar-refractivity contribution in [3.8, 4) is 0 Å². The number of hydrogen-bond donors (Lipinski definition) is 0. The molecule has 0 fully saturated rings. The van der Waals surface area contributed by atoms with Gasteiger partial charge in [0.25, 0.3) is 0 Å². The van der Waals surface area contributed by atoms with E-state index in [0.717, 1.165) is 0 Å². The maximum absolute atomic E-state index is 2.16. The van der Waals surface area contributed by atoms with Crippen LogP contribution in [0.1, 0.15) is 47.1 Å². The minimum Gasteiger partial charge on any atom is -0.0683 e. The summed E-state index contributed by atoms with van der Waals surface area (Å²) in [5, 5.41) is 2.68. The van der Waals surface area contributed by atoms with E-state index in [2.05, 4.69) is 49.4 Å². The number of hydrogen-bond acceptors (Lipinski definition) is 0. The normalized spacial score (nSPS) is 7.71. The average molecular weight is 232 g/mol. The van der Waals surface area contributed by atoms with Crippen LogP contribution in [0.3, 0.4) is 0 Å². The van der Waals surface area contributed by atoms with Crippen LogP contribution in [-0.2, 0) is 0 Å². The molecule has 2 rings (SSSR count). The van der Waals surface area contributed by atoms with Crippen molar-refractivity contribution in [3.63, 3.8) is 0 Å². The standard InChI is InChI=1S/C11H10.3C2H6/c1-9-5-4-7-10-6-2-3-8-11(9)10;3*1-2/h2-8H,1H3;3*1-2H3. The zero-order valence-corrected chi connectivity index (χ0v) is 12.5. The van der Waals surface area contributed by atoms with Crippen LogP contribution < -0.4 is 0 Å². The van der Waals surface area contributed by atoms with Crippen LogP contribution in [-0.4, -0.2) is 0 Å². The molecule has 0 aliphatic rings. The number of aryl methyl sites for hydroxylation is 1. The summed E-state index contributed by atoms with van der Waals surface area (Å²) in [7, 11) is 0. The second-order valence-corrected chi connectivity index (χ2v) is 2.80. The second kappa shape index (κ2) is 12.8. The molecular formula is C17H28. The van der Waals surface area contributed by atoms with Crippen LogP contribution >= 0.6 is 0 Å². The van der Waals surface area contributed by atoms with Gasteiger partial charge in [-0.3, -0.25) is 0 Å². The van der Waals surface area contributed by atoms with E-state index >= 15 is 0 Å². The second-order valence-electron chi connectivity index (χ2n) is 2.80. The van der Waals surface area contributed by atoms with Gasteiger partial charge in [-0.1, -0.05) is 84.0 Å². The van der Waals surface area contributed by atoms with Gasteiger partial charge in [0, 0.05) is 0 Å². The first kappa shape index (κ1) is 18.1. The highest BCUT2D eigenvalue weighted by Gasteiger charge is 1.91. The van der Waals surface area contributed by atoms with E-state index in [1.807, 2.05) is 41.5 Å². The van der Waals surface area contributed by atoms with Gasteiger partial charge in [-0.25, -0.2) is 0 Å². The van der Waals surface area contributed by atoms with Gasteiger partial charge in [0.05, 0.1) is 0 Å². The quantitative estimate of drug-likeness (QED) is 0.505. The third kappa shape index (κ3) is 6.11. The van der Waals surface area contributed by atoms with Crippen molar-refractivity contribution in [3.05, 3.63) is 48.0 Å². The summed E-state index contributed by atoms with van der Waals surface area (Å²) in [4.78, 5) is 0. The molecule has 0 unspecified atom stereocenters. The Hall–Kier alpha value is -1.30. The lowest BCUT2D eigenvalue weighted by molar-refractivity contribution is 1.50. The Balaban J connectivity index is 0. The Morgan fingerprint density at radius 3 is 1.59 bits per heavy atom. The Labute approximate surface area is 108 Å². The van der Waals surface area contributed by atoms with Crippen molar-refractivity contribution >= 4 is 10.8 Å². The minimum absolute atomic E-state index is 1.33. The molecule has 0 radical (unpaired) electrons. The fourth-order valence-electron chi connectivity index (χ4n) is 1.39. The van der Waals surface area contributed by atoms with Gasteiger partial charge in [-0.15, -0.1) is 0 Å². The van der Waals surface area contributed by atoms with Crippen molar-refractivity contribution in [1.29, 1.82) is 0 Å². The molecule has 2 aromatic rings. The highest BCUT2D eigenvalue weighted by atomic mass is 14.0. The molecule has 0 aromatic heterocycles. The maximum atomic E-state index is 2.16. The number of rotatable bonds is 0. The van der Waals surface area contributed by atoms with Crippen molar-refractivity contribution in [2.24, 2.45) is 0 Å². The summed E-state index contributed by atoms with van der Waals surface area (Å²) < 4.78 is 0. The zero-order chi connectivity index (χ0) is 13.7. The molecule has 0 aliphatic carbocycles. The highest BCUT2D eigenvalue weighted by molar-refractivity contribution is 5.85. The fourth-order valence-corrected chi connectivity index (χ4v) is 1.39. The summed E-state index contributed by atoms with van der Waals surface area (Å²) in [6.07, 6.45) is 0. The molecule has 0 spiro atoms. The lowest BCUT2D eigenvalue weighted by Gasteiger charge is -1.98. The first-order chi connectivity index (χ1) is 8.38. The number of benzene rings is 2. The predicted molar refractivity (Wildman–Crippen MR) is 82.7 cm³/mol. The first-order valence-electron chi connectivity index (χ1n) is 6.82. The summed E-state index contributed by atoms with van der Waals surface area (Å²) in [6.45, 7) is 14.1. The molecule has 96 valence electrons. The smallest absolute Gasteiger partial charge is 0.0155 e. The molecular weight excluding hydrogens is 204 g/mol. The Morgan fingerprint density at radius 2 is 1.06 bits per heavy atom. The molecule has 0 atom stereocenters. The molecule has 0 heterocycles. The van der Waals surface area contributed by atoms with Gasteiger partial charge < -0.3 is 0 Å². The van der Waals surface area contributed by atoms with E-state index in [0.29, 0.717) is 0 Å². The van der Waals surface area contributed by atoms with E-state index in [-0.39, 0.29) is 0 Å². The van der Waals surface area contributed by atoms with Gasteiger partial charge in [0.1, 0.15) is 0 Å². The molecule has 0 bridgehead atoms. The SMILES string of the molecule is CC.CC.CC.Cc1cccc2ccccc12. The summed E-state index contributed by atoms with van der Waals surface area (Å²) in [5.41, 5.74) is 1.35. The predicted octanol–water partition coefficient (Wildman–Crippen LogP) is 6.23. The maximum Gasteiger partial charge on any atom is -0.0155 e. The molecule has 17 heavy (non-hydrogen) atoms. The lowest BCUT2D eigenvalue weighted by Crippen LogP contribution is -1.75. The van der Waals surface area contributed by atoms with Gasteiger partial charge in [0.2, 0.25) is 0 Å². The van der Waals surface area contributed by atoms with Crippen LogP contribution in [0.2, 0.25) is 0 Å². The van der Waals surface area contributed by atoms with Gasteiger partial charge in [-0.05, 0) is 23.3 Å². The Morgan fingerprint density at radius 1 is 0.588 bits per heavy atom. The zero-order valence-electron chi connectivity index (χ0n) is 12.5. The van der Waals surface area contributed by atoms with Crippen molar-refractivity contribution < 1.29 is 0 Å². The highest BCUT2D eigenvalue weighted by Crippen LogP contribution is 2.16. The van der Waals surface area contributed by atoms with Gasteiger partial charge in [0.15, 0.2) is 0 Å². The summed E-state index contributed by atoms with van der Waals surface area (Å²) in [6, 6.07) is 14.8. The third-order valence-electron chi connectivity index (χ3n) is 2.01. The molecule has 0 N–H and O–H groups in total. The van der Waals surface area contributed by atoms with E-state index < -0.39 is 0 Å². The van der Waals surface area contributed by atoms with Crippen LogP contribution in [0.15, 0.2) is 42.5 Å². The van der Waals surface area contributed by atoms with E-state index in [9.17, 15) is 0 Å². The molecule has 0 amide bonds. The minimum atomic E-state index is 1.33. The topological polar surface area (TPSA) is 0 Å². The molecule has 0 saturated heterocycles. The van der Waals surface area contributed by atoms with Crippen molar-refractivity contribution in [2.75, 3.05) is 0 Å². The Bertz CT molecular complexity index is 369. The molecule has 2 aromatic carbocycles. The summed E-state index contributed by atoms with van der Waals surface area (Å²) in [5.74, 6) is 0. The van der Waals surface area contributed by atoms with E-state index in [1.54, 1.807) is 0 Å². The van der Waals surface area contributed by atoms with Gasteiger partial charge >= 0.3 is 0 Å². The monoisotopic (exact) mass is 232 g/mol. The van der Waals surface area contributed by atoms with E-state index in [1.165, 1.54) is 16.3 Å². The van der Waals surface area contributed by atoms with Crippen molar-refractivity contribution in [2.45, 2.75) is 48.5 Å². The van der Waals surface area contributed by atoms with Crippen LogP contribution in [0.4, 0.5) is 0 Å². The molecule has 0 nitrogen and oxygen atoms in total. The summed E-state index contributed by atoms with van der Waals surface area (Å²) >= 11 is 0. The van der Waals surface area contributed by atoms with Gasteiger partial charge in [-0.2, -0.15) is 0 Å². The van der Waals surface area contributed by atoms with Crippen molar-refractivity contribution in [1.82, 2.24) is 0 Å². The number of fused-ring (bicyclic) bond motifs is 1. The molecule has 0 heteroatoms. The fraction of sp³-hybridized carbons (Fsp3) is 0.412. The largest absolute Gasteiger partial charge is 0.0683 e. The third-order valence-corrected chi connectivity index (χ3v) is 2.01. The van der Waals surface area contributed by atoms with Crippen LogP contribution in [0.25, 0.3) is 10.8 Å². The Kier molecular flexibility index (Phi) is 13.6.